The lowest BCUT2D eigenvalue weighted by Crippen LogP contribution is -2.34. The normalized spacial score (nSPS) is 10.3. The molecule has 0 heterocycles. The molecule has 1 rings (SSSR count). The second kappa shape index (κ2) is 7.76. The van der Waals surface area contributed by atoms with E-state index >= 15 is 0 Å². The van der Waals surface area contributed by atoms with Crippen LogP contribution in [0.3, 0.4) is 0 Å². The number of nitrogens with one attached hydrogen (secondary N) is 1. The summed E-state index contributed by atoms with van der Waals surface area (Å²) in [6, 6.07) is 5.47. The van der Waals surface area contributed by atoms with Crippen LogP contribution in [-0.4, -0.2) is 37.1 Å². The van der Waals surface area contributed by atoms with Gasteiger partial charge in [-0.25, -0.2) is 0 Å². The molecule has 0 bridgehead atoms. The third kappa shape index (κ3) is 4.22. The highest BCUT2D eigenvalue weighted by Gasteiger charge is 2.16. The number of nitrogens with zero attached hydrogens (tertiary/aromatic N) is 1. The molecule has 106 valence electrons. The summed E-state index contributed by atoms with van der Waals surface area (Å²) in [5.74, 6) is 5.38. The van der Waals surface area contributed by atoms with Gasteiger partial charge in [0, 0.05) is 30.9 Å². The van der Waals surface area contributed by atoms with E-state index in [4.69, 9.17) is 10.6 Å². The lowest BCUT2D eigenvalue weighted by molar-refractivity contribution is 0.0668. The Kier molecular flexibility index (Phi) is 6.32. The summed E-state index contributed by atoms with van der Waals surface area (Å²) in [6.07, 6.45) is 0. The Bertz CT molecular complexity index is 421. The Morgan fingerprint density at radius 3 is 2.68 bits per heavy atom. The first kappa shape index (κ1) is 15.5. The molecule has 0 aromatic heterocycles. The first-order valence-corrected chi connectivity index (χ1v) is 6.58. The average molecular weight is 265 g/mol. The van der Waals surface area contributed by atoms with Crippen molar-refractivity contribution in [3.63, 3.8) is 0 Å². The molecule has 0 fully saturated rings. The molecule has 0 aliphatic heterocycles. The molecule has 5 heteroatoms. The Morgan fingerprint density at radius 2 is 2.16 bits per heavy atom. The summed E-state index contributed by atoms with van der Waals surface area (Å²) in [7, 11) is 0. The van der Waals surface area contributed by atoms with Gasteiger partial charge >= 0.3 is 0 Å². The minimum absolute atomic E-state index is 0.0308. The van der Waals surface area contributed by atoms with Gasteiger partial charge < -0.3 is 15.1 Å². The van der Waals surface area contributed by atoms with Gasteiger partial charge in [-0.2, -0.15) is 0 Å². The first-order chi connectivity index (χ1) is 9.13. The number of amides is 1. The maximum atomic E-state index is 12.4. The number of nitrogens with two attached hydrogens (primary N) is 1. The van der Waals surface area contributed by atoms with Crippen molar-refractivity contribution in [3.05, 3.63) is 29.3 Å². The van der Waals surface area contributed by atoms with Crippen LogP contribution in [0, 0.1) is 6.92 Å². The van der Waals surface area contributed by atoms with Crippen LogP contribution in [0.2, 0.25) is 0 Å². The Morgan fingerprint density at radius 1 is 1.42 bits per heavy atom. The van der Waals surface area contributed by atoms with Crippen molar-refractivity contribution in [2.45, 2.75) is 20.8 Å². The Hall–Kier alpha value is -1.59. The maximum absolute atomic E-state index is 12.4. The molecule has 1 amide bonds. The first-order valence-electron chi connectivity index (χ1n) is 6.58. The van der Waals surface area contributed by atoms with E-state index in [2.05, 4.69) is 5.43 Å². The van der Waals surface area contributed by atoms with Crippen LogP contribution < -0.4 is 11.3 Å². The lowest BCUT2D eigenvalue weighted by atomic mass is 10.1. The van der Waals surface area contributed by atoms with E-state index in [-0.39, 0.29) is 5.91 Å². The number of benzene rings is 1. The van der Waals surface area contributed by atoms with Gasteiger partial charge in [-0.1, -0.05) is 0 Å². The Labute approximate surface area is 114 Å². The third-order valence-corrected chi connectivity index (χ3v) is 3.00. The molecule has 0 saturated heterocycles. The van der Waals surface area contributed by atoms with Gasteiger partial charge in [-0.05, 0) is 44.5 Å². The summed E-state index contributed by atoms with van der Waals surface area (Å²) in [6.45, 7) is 8.33. The van der Waals surface area contributed by atoms with Crippen molar-refractivity contribution < 1.29 is 9.53 Å². The minimum Gasteiger partial charge on any atom is -0.380 e. The van der Waals surface area contributed by atoms with Crippen molar-refractivity contribution >= 4 is 11.6 Å². The standard InChI is InChI=1S/C14H23N3O2/c1-4-17(8-9-19-5-2)14(18)13-7-6-12(16-15)10-11(13)3/h6-7,10,16H,4-5,8-9,15H2,1-3H3. The van der Waals surface area contributed by atoms with E-state index in [9.17, 15) is 4.79 Å². The zero-order valence-electron chi connectivity index (χ0n) is 11.9. The third-order valence-electron chi connectivity index (χ3n) is 3.00. The van der Waals surface area contributed by atoms with Gasteiger partial charge in [0.05, 0.1) is 6.61 Å². The van der Waals surface area contributed by atoms with Gasteiger partial charge in [0.2, 0.25) is 0 Å². The zero-order chi connectivity index (χ0) is 14.3. The van der Waals surface area contributed by atoms with Gasteiger partial charge in [-0.3, -0.25) is 10.6 Å². The summed E-state index contributed by atoms with van der Waals surface area (Å²) in [5.41, 5.74) is 4.99. The van der Waals surface area contributed by atoms with Crippen LogP contribution in [0.5, 0.6) is 0 Å². The van der Waals surface area contributed by atoms with Crippen LogP contribution in [0.1, 0.15) is 29.8 Å². The molecule has 0 unspecified atom stereocenters. The topological polar surface area (TPSA) is 67.6 Å². The van der Waals surface area contributed by atoms with E-state index < -0.39 is 0 Å². The highest BCUT2D eigenvalue weighted by atomic mass is 16.5. The molecule has 0 atom stereocenters. The maximum Gasteiger partial charge on any atom is 0.254 e. The number of hydrogen-bond acceptors (Lipinski definition) is 4. The molecule has 0 spiro atoms. The highest BCUT2D eigenvalue weighted by Crippen LogP contribution is 2.16. The van der Waals surface area contributed by atoms with E-state index in [1.807, 2.05) is 26.8 Å². The molecule has 1 aromatic rings. The monoisotopic (exact) mass is 265 g/mol. The highest BCUT2D eigenvalue weighted by molar-refractivity contribution is 5.96. The van der Waals surface area contributed by atoms with Gasteiger partial charge in [0.25, 0.3) is 5.91 Å². The van der Waals surface area contributed by atoms with Gasteiger partial charge in [-0.15, -0.1) is 0 Å². The van der Waals surface area contributed by atoms with Crippen molar-refractivity contribution in [1.82, 2.24) is 4.90 Å². The van der Waals surface area contributed by atoms with Crippen molar-refractivity contribution in [1.29, 1.82) is 0 Å². The number of ether oxygens (including phenoxy) is 1. The summed E-state index contributed by atoms with van der Waals surface area (Å²) >= 11 is 0. The second-order valence-corrected chi connectivity index (χ2v) is 4.26. The predicted molar refractivity (Wildman–Crippen MR) is 77.1 cm³/mol. The number of carbonyl (C=O) groups excluding carboxylic acids is 1. The van der Waals surface area contributed by atoms with E-state index in [1.54, 1.807) is 17.0 Å². The van der Waals surface area contributed by atoms with Crippen LogP contribution >= 0.6 is 0 Å². The lowest BCUT2D eigenvalue weighted by Gasteiger charge is -2.22. The minimum atomic E-state index is 0.0308. The average Bonchev–Trinajstić information content (AvgIpc) is 2.43. The molecule has 5 nitrogen and oxygen atoms in total. The molecule has 19 heavy (non-hydrogen) atoms. The molecule has 0 saturated carbocycles. The smallest absolute Gasteiger partial charge is 0.254 e. The number of rotatable bonds is 7. The van der Waals surface area contributed by atoms with Crippen molar-refractivity contribution in [3.8, 4) is 0 Å². The van der Waals surface area contributed by atoms with Crippen LogP contribution in [0.15, 0.2) is 18.2 Å². The largest absolute Gasteiger partial charge is 0.380 e. The molecular weight excluding hydrogens is 242 g/mol. The molecule has 1 aromatic carbocycles. The van der Waals surface area contributed by atoms with E-state index in [0.717, 1.165) is 11.3 Å². The van der Waals surface area contributed by atoms with Crippen LogP contribution in [0.25, 0.3) is 0 Å². The number of nitrogen functional groups attached to an aromatic ring is 1. The van der Waals surface area contributed by atoms with Crippen molar-refractivity contribution in [2.24, 2.45) is 5.84 Å². The van der Waals surface area contributed by atoms with Crippen molar-refractivity contribution in [2.75, 3.05) is 31.7 Å². The summed E-state index contributed by atoms with van der Waals surface area (Å²) < 4.78 is 5.30. The fourth-order valence-corrected chi connectivity index (χ4v) is 1.89. The number of hydrogen-bond donors (Lipinski definition) is 2. The Balaban J connectivity index is 2.79. The number of aryl methyl sites for hydroxylation is 1. The zero-order valence-corrected chi connectivity index (χ0v) is 11.9. The van der Waals surface area contributed by atoms with Crippen LogP contribution in [-0.2, 0) is 4.74 Å². The van der Waals surface area contributed by atoms with E-state index in [1.165, 1.54) is 0 Å². The number of likely N-dealkylation sites (N-methyl/N-ethyl adjacent to an activating group) is 1. The van der Waals surface area contributed by atoms with Gasteiger partial charge in [0.15, 0.2) is 0 Å². The number of anilines is 1. The fourth-order valence-electron chi connectivity index (χ4n) is 1.89. The SMILES string of the molecule is CCOCCN(CC)C(=O)c1ccc(NN)cc1C. The molecule has 0 radical (unpaired) electrons. The molecule has 0 aliphatic carbocycles. The number of carbonyl (C=O) groups is 1. The molecular formula is C14H23N3O2. The second-order valence-electron chi connectivity index (χ2n) is 4.26. The van der Waals surface area contributed by atoms with E-state index in [0.29, 0.717) is 31.9 Å². The quantitative estimate of drug-likeness (QED) is 0.448. The molecule has 3 N–H and O–H groups in total. The fraction of sp³-hybridized carbons (Fsp3) is 0.500. The predicted octanol–water partition coefficient (Wildman–Crippen LogP) is 1.78. The number of hydrazine groups is 1. The summed E-state index contributed by atoms with van der Waals surface area (Å²) in [5, 5.41) is 0. The van der Waals surface area contributed by atoms with Gasteiger partial charge in [0.1, 0.15) is 0 Å². The van der Waals surface area contributed by atoms with Crippen LogP contribution in [0.4, 0.5) is 5.69 Å². The summed E-state index contributed by atoms with van der Waals surface area (Å²) in [4.78, 5) is 14.2. The molecule has 0 aliphatic rings.